The quantitative estimate of drug-likeness (QED) is 0.530. The summed E-state index contributed by atoms with van der Waals surface area (Å²) >= 11 is 0. The van der Waals surface area contributed by atoms with Gasteiger partial charge in [0.25, 0.3) is 0 Å². The van der Waals surface area contributed by atoms with Crippen LogP contribution in [0.25, 0.3) is 16.6 Å². The Hall–Kier alpha value is -2.96. The van der Waals surface area contributed by atoms with Gasteiger partial charge in [-0.05, 0) is 44.4 Å². The summed E-state index contributed by atoms with van der Waals surface area (Å²) in [6, 6.07) is 10.2. The fourth-order valence-electron chi connectivity index (χ4n) is 3.40. The standard InChI is InChI=1S/C21H27N7/c1-14(2)9-11-22-21-23-18-8-6-5-7-17(18)20-24-19(26-28(20)21)10-12-27-16(4)13-15(3)25-27/h5-8,13-14H,9-12H2,1-4H3,(H,22,23). The highest BCUT2D eigenvalue weighted by Gasteiger charge is 2.14. The van der Waals surface area contributed by atoms with Gasteiger partial charge in [-0.25, -0.2) is 9.97 Å². The molecular formula is C21H27N7. The highest BCUT2D eigenvalue weighted by atomic mass is 15.4. The Balaban J connectivity index is 1.67. The minimum Gasteiger partial charge on any atom is -0.354 e. The first kappa shape index (κ1) is 18.4. The molecule has 3 heterocycles. The number of anilines is 1. The average Bonchev–Trinajstić information content (AvgIpc) is 3.22. The van der Waals surface area contributed by atoms with Crippen LogP contribution in [0.15, 0.2) is 30.3 Å². The molecule has 0 aliphatic heterocycles. The van der Waals surface area contributed by atoms with E-state index in [1.54, 1.807) is 0 Å². The predicted octanol–water partition coefficient (Wildman–Crippen LogP) is 3.79. The lowest BCUT2D eigenvalue weighted by molar-refractivity contribution is 0.581. The summed E-state index contributed by atoms with van der Waals surface area (Å²) in [6.07, 6.45) is 1.80. The third-order valence-electron chi connectivity index (χ3n) is 4.88. The topological polar surface area (TPSA) is 72.9 Å². The SMILES string of the molecule is Cc1cc(C)n(CCc2nc3c4ccccc4nc(NCCC(C)C)n3n2)n1. The number of rotatable bonds is 7. The van der Waals surface area contributed by atoms with Crippen molar-refractivity contribution in [3.8, 4) is 0 Å². The number of benzene rings is 1. The monoisotopic (exact) mass is 377 g/mol. The molecule has 0 fully saturated rings. The number of para-hydroxylation sites is 1. The van der Waals surface area contributed by atoms with Crippen molar-refractivity contribution in [2.75, 3.05) is 11.9 Å². The summed E-state index contributed by atoms with van der Waals surface area (Å²) in [5.74, 6) is 2.19. The van der Waals surface area contributed by atoms with Crippen LogP contribution < -0.4 is 5.32 Å². The Bertz CT molecular complexity index is 1110. The maximum Gasteiger partial charge on any atom is 0.226 e. The molecule has 4 aromatic rings. The molecule has 4 rings (SSSR count). The van der Waals surface area contributed by atoms with Crippen LogP contribution >= 0.6 is 0 Å². The maximum atomic E-state index is 4.83. The van der Waals surface area contributed by atoms with E-state index in [1.165, 1.54) is 0 Å². The van der Waals surface area contributed by atoms with Gasteiger partial charge >= 0.3 is 0 Å². The summed E-state index contributed by atoms with van der Waals surface area (Å²) in [7, 11) is 0. The van der Waals surface area contributed by atoms with Gasteiger partial charge in [0.1, 0.15) is 0 Å². The molecule has 0 saturated heterocycles. The molecule has 0 amide bonds. The summed E-state index contributed by atoms with van der Waals surface area (Å²) in [4.78, 5) is 9.61. The van der Waals surface area contributed by atoms with Crippen molar-refractivity contribution in [2.45, 2.75) is 47.1 Å². The Morgan fingerprint density at radius 3 is 2.64 bits per heavy atom. The molecule has 7 nitrogen and oxygen atoms in total. The van der Waals surface area contributed by atoms with Crippen LogP contribution in [0.5, 0.6) is 0 Å². The van der Waals surface area contributed by atoms with E-state index in [4.69, 9.17) is 15.1 Å². The lowest BCUT2D eigenvalue weighted by atomic mass is 10.1. The van der Waals surface area contributed by atoms with E-state index in [1.807, 2.05) is 34.3 Å². The first-order valence-corrected chi connectivity index (χ1v) is 9.90. The second kappa shape index (κ2) is 7.58. The normalized spacial score (nSPS) is 11.8. The molecule has 0 aliphatic rings. The van der Waals surface area contributed by atoms with Crippen LogP contribution in [-0.4, -0.2) is 35.9 Å². The Morgan fingerprint density at radius 1 is 1.07 bits per heavy atom. The summed E-state index contributed by atoms with van der Waals surface area (Å²) in [5, 5.41) is 13.7. The zero-order valence-corrected chi connectivity index (χ0v) is 17.0. The van der Waals surface area contributed by atoms with E-state index in [-0.39, 0.29) is 0 Å². The maximum absolute atomic E-state index is 4.83. The molecule has 3 aromatic heterocycles. The van der Waals surface area contributed by atoms with Gasteiger partial charge < -0.3 is 5.32 Å². The molecule has 146 valence electrons. The van der Waals surface area contributed by atoms with Crippen LogP contribution in [0.2, 0.25) is 0 Å². The predicted molar refractivity (Wildman–Crippen MR) is 112 cm³/mol. The highest BCUT2D eigenvalue weighted by Crippen LogP contribution is 2.21. The molecule has 7 heteroatoms. The molecule has 0 saturated carbocycles. The fraction of sp³-hybridized carbons (Fsp3) is 0.429. The number of nitrogens with one attached hydrogen (secondary N) is 1. The van der Waals surface area contributed by atoms with E-state index in [0.717, 1.165) is 65.6 Å². The molecular weight excluding hydrogens is 350 g/mol. The third kappa shape index (κ3) is 3.69. The van der Waals surface area contributed by atoms with Crippen molar-refractivity contribution in [2.24, 2.45) is 5.92 Å². The average molecular weight is 377 g/mol. The Kier molecular flexibility index (Phi) is 4.98. The van der Waals surface area contributed by atoms with E-state index < -0.39 is 0 Å². The Labute approximate surface area is 164 Å². The number of nitrogens with zero attached hydrogens (tertiary/aromatic N) is 6. The lowest BCUT2D eigenvalue weighted by Gasteiger charge is -2.10. The number of fused-ring (bicyclic) bond motifs is 3. The van der Waals surface area contributed by atoms with Gasteiger partial charge in [-0.3, -0.25) is 4.68 Å². The van der Waals surface area contributed by atoms with Gasteiger partial charge in [0.2, 0.25) is 5.95 Å². The zero-order valence-electron chi connectivity index (χ0n) is 17.0. The number of aromatic nitrogens is 6. The van der Waals surface area contributed by atoms with Gasteiger partial charge in [0, 0.05) is 30.6 Å². The molecule has 0 atom stereocenters. The lowest BCUT2D eigenvalue weighted by Crippen LogP contribution is -2.11. The van der Waals surface area contributed by atoms with Crippen LogP contribution in [0.3, 0.4) is 0 Å². The highest BCUT2D eigenvalue weighted by molar-refractivity contribution is 5.92. The van der Waals surface area contributed by atoms with Crippen LogP contribution in [0.1, 0.15) is 37.5 Å². The van der Waals surface area contributed by atoms with E-state index >= 15 is 0 Å². The van der Waals surface area contributed by atoms with E-state index in [0.29, 0.717) is 5.92 Å². The number of hydrogen-bond acceptors (Lipinski definition) is 5. The van der Waals surface area contributed by atoms with Gasteiger partial charge in [-0.2, -0.15) is 9.61 Å². The van der Waals surface area contributed by atoms with Gasteiger partial charge in [0.15, 0.2) is 11.5 Å². The Morgan fingerprint density at radius 2 is 1.89 bits per heavy atom. The van der Waals surface area contributed by atoms with Crippen molar-refractivity contribution in [3.63, 3.8) is 0 Å². The van der Waals surface area contributed by atoms with Crippen molar-refractivity contribution in [1.82, 2.24) is 29.4 Å². The summed E-state index contributed by atoms with van der Waals surface area (Å²) in [5.41, 5.74) is 3.97. The zero-order chi connectivity index (χ0) is 19.7. The smallest absolute Gasteiger partial charge is 0.226 e. The van der Waals surface area contributed by atoms with Crippen LogP contribution in [-0.2, 0) is 13.0 Å². The van der Waals surface area contributed by atoms with Gasteiger partial charge in [0.05, 0.1) is 11.2 Å². The molecule has 0 bridgehead atoms. The van der Waals surface area contributed by atoms with E-state index in [9.17, 15) is 0 Å². The fourth-order valence-corrected chi connectivity index (χ4v) is 3.40. The minimum atomic E-state index is 0.635. The molecule has 1 aromatic carbocycles. The summed E-state index contributed by atoms with van der Waals surface area (Å²) in [6.45, 7) is 10.2. The molecule has 28 heavy (non-hydrogen) atoms. The number of aryl methyl sites for hydroxylation is 4. The molecule has 0 unspecified atom stereocenters. The second-order valence-electron chi connectivity index (χ2n) is 7.73. The van der Waals surface area contributed by atoms with Crippen molar-refractivity contribution < 1.29 is 0 Å². The van der Waals surface area contributed by atoms with Gasteiger partial charge in [-0.1, -0.05) is 26.0 Å². The second-order valence-corrected chi connectivity index (χ2v) is 7.73. The van der Waals surface area contributed by atoms with Crippen LogP contribution in [0, 0.1) is 19.8 Å². The largest absolute Gasteiger partial charge is 0.354 e. The molecule has 0 radical (unpaired) electrons. The molecule has 0 aliphatic carbocycles. The van der Waals surface area contributed by atoms with Crippen molar-refractivity contribution in [1.29, 1.82) is 0 Å². The first-order valence-electron chi connectivity index (χ1n) is 9.90. The summed E-state index contributed by atoms with van der Waals surface area (Å²) < 4.78 is 3.86. The third-order valence-corrected chi connectivity index (χ3v) is 4.88. The molecule has 0 spiro atoms. The number of hydrogen-bond donors (Lipinski definition) is 1. The van der Waals surface area contributed by atoms with Crippen molar-refractivity contribution >= 4 is 22.5 Å². The van der Waals surface area contributed by atoms with E-state index in [2.05, 4.69) is 43.3 Å². The van der Waals surface area contributed by atoms with Crippen LogP contribution in [0.4, 0.5) is 5.95 Å². The first-order chi connectivity index (χ1) is 13.5. The van der Waals surface area contributed by atoms with Crippen molar-refractivity contribution in [3.05, 3.63) is 47.5 Å². The van der Waals surface area contributed by atoms with Gasteiger partial charge in [-0.15, -0.1) is 5.10 Å². The molecule has 1 N–H and O–H groups in total. The minimum absolute atomic E-state index is 0.635.